The minimum atomic E-state index is 0.472. The van der Waals surface area contributed by atoms with Crippen molar-refractivity contribution in [3.05, 3.63) is 30.3 Å². The van der Waals surface area contributed by atoms with Gasteiger partial charge in [0, 0.05) is 26.3 Å². The van der Waals surface area contributed by atoms with Gasteiger partial charge in [0.25, 0.3) is 0 Å². The van der Waals surface area contributed by atoms with Crippen molar-refractivity contribution in [1.29, 1.82) is 0 Å². The van der Waals surface area contributed by atoms with Crippen molar-refractivity contribution in [3.63, 3.8) is 0 Å². The second-order valence-corrected chi connectivity index (χ2v) is 3.80. The van der Waals surface area contributed by atoms with Crippen LogP contribution < -0.4 is 10.1 Å². The molecule has 0 heterocycles. The lowest BCUT2D eigenvalue weighted by Gasteiger charge is -2.13. The van der Waals surface area contributed by atoms with E-state index in [-0.39, 0.29) is 0 Å². The van der Waals surface area contributed by atoms with Gasteiger partial charge < -0.3 is 14.8 Å². The summed E-state index contributed by atoms with van der Waals surface area (Å²) in [5.74, 6) is 0.925. The van der Waals surface area contributed by atoms with E-state index in [1.165, 1.54) is 0 Å². The van der Waals surface area contributed by atoms with E-state index >= 15 is 0 Å². The molecular formula is C13H21NO2. The summed E-state index contributed by atoms with van der Waals surface area (Å²) in [6, 6.07) is 10.3. The lowest BCUT2D eigenvalue weighted by molar-refractivity contribution is 0.183. The molecule has 0 aliphatic carbocycles. The maximum Gasteiger partial charge on any atom is 0.119 e. The van der Waals surface area contributed by atoms with Crippen molar-refractivity contribution in [2.24, 2.45) is 0 Å². The number of hydrogen-bond donors (Lipinski definition) is 1. The SMILES string of the molecule is COCCC(C)NCCOc1ccccc1. The van der Waals surface area contributed by atoms with Crippen LogP contribution in [0.2, 0.25) is 0 Å². The van der Waals surface area contributed by atoms with E-state index in [4.69, 9.17) is 9.47 Å². The van der Waals surface area contributed by atoms with Gasteiger partial charge in [-0.05, 0) is 25.5 Å². The summed E-state index contributed by atoms with van der Waals surface area (Å²) in [7, 11) is 1.73. The Morgan fingerprint density at radius 2 is 1.94 bits per heavy atom. The van der Waals surface area contributed by atoms with E-state index in [0.717, 1.165) is 25.3 Å². The molecule has 0 radical (unpaired) electrons. The van der Waals surface area contributed by atoms with E-state index < -0.39 is 0 Å². The molecule has 1 unspecified atom stereocenters. The van der Waals surface area contributed by atoms with Crippen molar-refractivity contribution in [3.8, 4) is 5.75 Å². The van der Waals surface area contributed by atoms with Crippen LogP contribution in [0.4, 0.5) is 0 Å². The molecule has 1 rings (SSSR count). The van der Waals surface area contributed by atoms with Crippen LogP contribution in [-0.4, -0.2) is 32.9 Å². The minimum absolute atomic E-state index is 0.472. The minimum Gasteiger partial charge on any atom is -0.492 e. The fraction of sp³-hybridized carbons (Fsp3) is 0.538. The Kier molecular flexibility index (Phi) is 6.61. The van der Waals surface area contributed by atoms with Crippen molar-refractivity contribution < 1.29 is 9.47 Å². The predicted molar refractivity (Wildman–Crippen MR) is 65.9 cm³/mol. The summed E-state index contributed by atoms with van der Waals surface area (Å²) in [4.78, 5) is 0. The number of hydrogen-bond acceptors (Lipinski definition) is 3. The Labute approximate surface area is 97.8 Å². The zero-order chi connectivity index (χ0) is 11.6. The molecule has 1 atom stereocenters. The summed E-state index contributed by atoms with van der Waals surface area (Å²) in [5, 5.41) is 3.38. The number of nitrogens with one attached hydrogen (secondary N) is 1. The number of para-hydroxylation sites is 1. The van der Waals surface area contributed by atoms with Crippen molar-refractivity contribution in [2.75, 3.05) is 26.9 Å². The van der Waals surface area contributed by atoms with Gasteiger partial charge in [0.15, 0.2) is 0 Å². The van der Waals surface area contributed by atoms with E-state index in [1.807, 2.05) is 30.3 Å². The van der Waals surface area contributed by atoms with Crippen LogP contribution in [-0.2, 0) is 4.74 Å². The van der Waals surface area contributed by atoms with Gasteiger partial charge in [0.2, 0.25) is 0 Å². The Bertz CT molecular complexity index is 264. The molecule has 0 amide bonds. The average Bonchev–Trinajstić information content (AvgIpc) is 2.33. The summed E-state index contributed by atoms with van der Waals surface area (Å²) in [5.41, 5.74) is 0. The van der Waals surface area contributed by atoms with Gasteiger partial charge in [-0.2, -0.15) is 0 Å². The smallest absolute Gasteiger partial charge is 0.119 e. The first-order valence-electron chi connectivity index (χ1n) is 5.73. The van der Waals surface area contributed by atoms with Gasteiger partial charge in [-0.1, -0.05) is 18.2 Å². The first-order valence-corrected chi connectivity index (χ1v) is 5.73. The monoisotopic (exact) mass is 223 g/mol. The van der Waals surface area contributed by atoms with Crippen LogP contribution in [0.25, 0.3) is 0 Å². The molecule has 0 aliphatic heterocycles. The molecular weight excluding hydrogens is 202 g/mol. The Hall–Kier alpha value is -1.06. The lowest BCUT2D eigenvalue weighted by atomic mass is 10.2. The Morgan fingerprint density at radius 1 is 1.19 bits per heavy atom. The normalized spacial score (nSPS) is 12.4. The highest BCUT2D eigenvalue weighted by molar-refractivity contribution is 5.20. The maximum atomic E-state index is 5.57. The summed E-state index contributed by atoms with van der Waals surface area (Å²) >= 11 is 0. The molecule has 1 aromatic rings. The van der Waals surface area contributed by atoms with Gasteiger partial charge in [-0.3, -0.25) is 0 Å². The van der Waals surface area contributed by atoms with Crippen LogP contribution in [0.1, 0.15) is 13.3 Å². The number of rotatable bonds is 8. The highest BCUT2D eigenvalue weighted by Crippen LogP contribution is 2.07. The number of methoxy groups -OCH3 is 1. The molecule has 16 heavy (non-hydrogen) atoms. The van der Waals surface area contributed by atoms with Crippen LogP contribution in [0.5, 0.6) is 5.75 Å². The molecule has 0 saturated carbocycles. The van der Waals surface area contributed by atoms with E-state index in [2.05, 4.69) is 12.2 Å². The van der Waals surface area contributed by atoms with Crippen LogP contribution in [0.3, 0.4) is 0 Å². The molecule has 3 heteroatoms. The molecule has 0 fully saturated rings. The molecule has 3 nitrogen and oxygen atoms in total. The largest absolute Gasteiger partial charge is 0.492 e. The fourth-order valence-electron chi connectivity index (χ4n) is 1.39. The molecule has 0 bridgehead atoms. The van der Waals surface area contributed by atoms with Crippen LogP contribution in [0, 0.1) is 0 Å². The van der Waals surface area contributed by atoms with E-state index in [1.54, 1.807) is 7.11 Å². The predicted octanol–water partition coefficient (Wildman–Crippen LogP) is 2.08. The van der Waals surface area contributed by atoms with Crippen LogP contribution in [0.15, 0.2) is 30.3 Å². The molecule has 1 N–H and O–H groups in total. The van der Waals surface area contributed by atoms with E-state index in [0.29, 0.717) is 12.6 Å². The molecule has 0 saturated heterocycles. The third-order valence-corrected chi connectivity index (χ3v) is 2.36. The fourth-order valence-corrected chi connectivity index (χ4v) is 1.39. The second kappa shape index (κ2) is 8.13. The standard InChI is InChI=1S/C13H21NO2/c1-12(8-10-15-2)14-9-11-16-13-6-4-3-5-7-13/h3-7,12,14H,8-11H2,1-2H3. The Morgan fingerprint density at radius 3 is 2.62 bits per heavy atom. The second-order valence-electron chi connectivity index (χ2n) is 3.80. The highest BCUT2D eigenvalue weighted by atomic mass is 16.5. The molecule has 0 aliphatic rings. The first kappa shape index (κ1) is 13.0. The first-order chi connectivity index (χ1) is 7.83. The van der Waals surface area contributed by atoms with Gasteiger partial charge in [0.1, 0.15) is 12.4 Å². The number of ether oxygens (including phenoxy) is 2. The van der Waals surface area contributed by atoms with Gasteiger partial charge in [0.05, 0.1) is 0 Å². The van der Waals surface area contributed by atoms with E-state index in [9.17, 15) is 0 Å². The maximum absolute atomic E-state index is 5.57. The third-order valence-electron chi connectivity index (χ3n) is 2.36. The Balaban J connectivity index is 2.03. The van der Waals surface area contributed by atoms with Crippen molar-refractivity contribution in [1.82, 2.24) is 5.32 Å². The summed E-state index contributed by atoms with van der Waals surface area (Å²) < 4.78 is 10.6. The van der Waals surface area contributed by atoms with Crippen LogP contribution >= 0.6 is 0 Å². The molecule has 0 aromatic heterocycles. The quantitative estimate of drug-likeness (QED) is 0.684. The average molecular weight is 223 g/mol. The lowest BCUT2D eigenvalue weighted by Crippen LogP contribution is -2.31. The summed E-state index contributed by atoms with van der Waals surface area (Å²) in [6.45, 7) is 4.51. The molecule has 90 valence electrons. The molecule has 0 spiro atoms. The zero-order valence-corrected chi connectivity index (χ0v) is 10.1. The number of benzene rings is 1. The summed E-state index contributed by atoms with van der Waals surface area (Å²) in [6.07, 6.45) is 1.03. The van der Waals surface area contributed by atoms with Gasteiger partial charge in [-0.25, -0.2) is 0 Å². The topological polar surface area (TPSA) is 30.5 Å². The van der Waals surface area contributed by atoms with Crippen molar-refractivity contribution in [2.45, 2.75) is 19.4 Å². The highest BCUT2D eigenvalue weighted by Gasteiger charge is 1.99. The molecule has 1 aromatic carbocycles. The third kappa shape index (κ3) is 5.73. The van der Waals surface area contributed by atoms with Gasteiger partial charge in [-0.15, -0.1) is 0 Å². The zero-order valence-electron chi connectivity index (χ0n) is 10.1. The van der Waals surface area contributed by atoms with Gasteiger partial charge >= 0.3 is 0 Å². The van der Waals surface area contributed by atoms with Crippen molar-refractivity contribution >= 4 is 0 Å².